The van der Waals surface area contributed by atoms with E-state index in [9.17, 15) is 13.2 Å². The first-order valence-electron chi connectivity index (χ1n) is 8.23. The van der Waals surface area contributed by atoms with Crippen LogP contribution in [-0.2, 0) is 10.0 Å². The smallest absolute Gasteiger partial charge is 0.255 e. The summed E-state index contributed by atoms with van der Waals surface area (Å²) in [7, 11) is -3.52. The standard InChI is InChI=1S/C19H24N2O3S/c1-5-10-20-25(23,24)17-8-6-16(7-9-17)19(22)21-18-14(3)11-13(2)12-15(18)4/h6-9,11-12,20H,5,10H2,1-4H3,(H,21,22). The molecule has 2 aromatic carbocycles. The van der Waals surface area contributed by atoms with Crippen molar-refractivity contribution >= 4 is 21.6 Å². The lowest BCUT2D eigenvalue weighted by molar-refractivity contribution is 0.102. The van der Waals surface area contributed by atoms with Crippen LogP contribution in [0.4, 0.5) is 5.69 Å². The number of sulfonamides is 1. The van der Waals surface area contributed by atoms with Crippen LogP contribution < -0.4 is 10.0 Å². The SMILES string of the molecule is CCCNS(=O)(=O)c1ccc(C(=O)Nc2c(C)cc(C)cc2C)cc1. The van der Waals surface area contributed by atoms with Gasteiger partial charge in [-0.25, -0.2) is 13.1 Å². The quantitative estimate of drug-likeness (QED) is 0.827. The summed E-state index contributed by atoms with van der Waals surface area (Å²) < 4.78 is 26.7. The first kappa shape index (κ1) is 19.1. The van der Waals surface area contributed by atoms with Crippen molar-refractivity contribution < 1.29 is 13.2 Å². The van der Waals surface area contributed by atoms with Crippen molar-refractivity contribution in [3.63, 3.8) is 0 Å². The van der Waals surface area contributed by atoms with Crippen LogP contribution in [0.25, 0.3) is 0 Å². The summed E-state index contributed by atoms with van der Waals surface area (Å²) >= 11 is 0. The molecule has 0 saturated heterocycles. The first-order valence-corrected chi connectivity index (χ1v) is 9.72. The first-order chi connectivity index (χ1) is 11.7. The Kier molecular flexibility index (Phi) is 5.98. The summed E-state index contributed by atoms with van der Waals surface area (Å²) in [6.45, 7) is 8.19. The van der Waals surface area contributed by atoms with Gasteiger partial charge in [-0.3, -0.25) is 4.79 Å². The molecule has 1 amide bonds. The minimum Gasteiger partial charge on any atom is -0.322 e. The van der Waals surface area contributed by atoms with Gasteiger partial charge >= 0.3 is 0 Å². The molecule has 0 spiro atoms. The fourth-order valence-corrected chi connectivity index (χ4v) is 3.80. The Morgan fingerprint density at radius 1 is 1.00 bits per heavy atom. The topological polar surface area (TPSA) is 75.3 Å². The number of aryl methyl sites for hydroxylation is 3. The van der Waals surface area contributed by atoms with E-state index < -0.39 is 10.0 Å². The van der Waals surface area contributed by atoms with Crippen molar-refractivity contribution in [3.05, 3.63) is 58.7 Å². The molecule has 0 aliphatic carbocycles. The van der Waals surface area contributed by atoms with Gasteiger partial charge in [-0.15, -0.1) is 0 Å². The summed E-state index contributed by atoms with van der Waals surface area (Å²) in [5, 5.41) is 2.91. The van der Waals surface area contributed by atoms with Crippen molar-refractivity contribution in [1.29, 1.82) is 0 Å². The number of carbonyl (C=O) groups excluding carboxylic acids is 1. The third-order valence-electron chi connectivity index (χ3n) is 3.88. The summed E-state index contributed by atoms with van der Waals surface area (Å²) in [4.78, 5) is 12.6. The highest BCUT2D eigenvalue weighted by molar-refractivity contribution is 7.89. The molecule has 0 heterocycles. The molecule has 0 aliphatic heterocycles. The number of amides is 1. The molecule has 0 unspecified atom stereocenters. The van der Waals surface area contributed by atoms with E-state index in [4.69, 9.17) is 0 Å². The van der Waals surface area contributed by atoms with E-state index in [1.807, 2.05) is 39.8 Å². The Morgan fingerprint density at radius 3 is 2.08 bits per heavy atom. The molecule has 134 valence electrons. The van der Waals surface area contributed by atoms with Gasteiger partial charge in [-0.05, 0) is 62.6 Å². The van der Waals surface area contributed by atoms with Crippen molar-refractivity contribution in [2.24, 2.45) is 0 Å². The third-order valence-corrected chi connectivity index (χ3v) is 5.36. The Bertz CT molecular complexity index is 849. The summed E-state index contributed by atoms with van der Waals surface area (Å²) in [6, 6.07) is 9.96. The molecule has 5 nitrogen and oxygen atoms in total. The van der Waals surface area contributed by atoms with E-state index in [1.54, 1.807) is 0 Å². The van der Waals surface area contributed by atoms with Crippen LogP contribution in [0.1, 0.15) is 40.4 Å². The van der Waals surface area contributed by atoms with Crippen LogP contribution in [0.15, 0.2) is 41.3 Å². The summed E-state index contributed by atoms with van der Waals surface area (Å²) in [6.07, 6.45) is 0.717. The second kappa shape index (κ2) is 7.80. The predicted molar refractivity (Wildman–Crippen MR) is 101 cm³/mol. The average Bonchev–Trinajstić information content (AvgIpc) is 2.56. The lowest BCUT2D eigenvalue weighted by Crippen LogP contribution is -2.24. The molecule has 0 atom stereocenters. The fraction of sp³-hybridized carbons (Fsp3) is 0.316. The number of hydrogen-bond donors (Lipinski definition) is 2. The molecule has 6 heteroatoms. The van der Waals surface area contributed by atoms with E-state index in [1.165, 1.54) is 24.3 Å². The number of carbonyl (C=O) groups is 1. The van der Waals surface area contributed by atoms with E-state index in [0.717, 1.165) is 28.8 Å². The van der Waals surface area contributed by atoms with Crippen LogP contribution in [0.3, 0.4) is 0 Å². The second-order valence-electron chi connectivity index (χ2n) is 6.15. The highest BCUT2D eigenvalue weighted by Crippen LogP contribution is 2.23. The Labute approximate surface area is 149 Å². The molecule has 0 bridgehead atoms. The minimum atomic E-state index is -3.52. The molecule has 0 fully saturated rings. The molecule has 2 N–H and O–H groups in total. The van der Waals surface area contributed by atoms with Gasteiger partial charge in [0.05, 0.1) is 4.90 Å². The van der Waals surface area contributed by atoms with Crippen molar-refractivity contribution in [3.8, 4) is 0 Å². The molecule has 0 radical (unpaired) electrons. The number of rotatable bonds is 6. The third kappa shape index (κ3) is 4.67. The van der Waals surface area contributed by atoms with Gasteiger partial charge in [0.2, 0.25) is 10.0 Å². The highest BCUT2D eigenvalue weighted by atomic mass is 32.2. The van der Waals surface area contributed by atoms with Gasteiger partial charge in [0.25, 0.3) is 5.91 Å². The predicted octanol–water partition coefficient (Wildman–Crippen LogP) is 3.55. The van der Waals surface area contributed by atoms with Gasteiger partial charge in [0, 0.05) is 17.8 Å². The number of benzene rings is 2. The van der Waals surface area contributed by atoms with Crippen LogP contribution in [0, 0.1) is 20.8 Å². The van der Waals surface area contributed by atoms with Crippen LogP contribution in [0.2, 0.25) is 0 Å². The van der Waals surface area contributed by atoms with Crippen molar-refractivity contribution in [1.82, 2.24) is 4.72 Å². The second-order valence-corrected chi connectivity index (χ2v) is 7.92. The molecule has 25 heavy (non-hydrogen) atoms. The van der Waals surface area contributed by atoms with Crippen molar-refractivity contribution in [2.45, 2.75) is 39.0 Å². The molecular formula is C19H24N2O3S. The number of hydrogen-bond acceptors (Lipinski definition) is 3. The van der Waals surface area contributed by atoms with Crippen LogP contribution in [0.5, 0.6) is 0 Å². The zero-order valence-corrected chi connectivity index (χ0v) is 15.8. The highest BCUT2D eigenvalue weighted by Gasteiger charge is 2.15. The Balaban J connectivity index is 2.19. The van der Waals surface area contributed by atoms with E-state index >= 15 is 0 Å². The van der Waals surface area contributed by atoms with Gasteiger partial charge in [0.1, 0.15) is 0 Å². The molecule has 2 aromatic rings. The van der Waals surface area contributed by atoms with Crippen LogP contribution >= 0.6 is 0 Å². The van der Waals surface area contributed by atoms with E-state index in [0.29, 0.717) is 12.1 Å². The average molecular weight is 360 g/mol. The van der Waals surface area contributed by atoms with Gasteiger partial charge in [-0.1, -0.05) is 24.6 Å². The van der Waals surface area contributed by atoms with Gasteiger partial charge < -0.3 is 5.32 Å². The maximum Gasteiger partial charge on any atom is 0.255 e. The molecular weight excluding hydrogens is 336 g/mol. The Morgan fingerprint density at radius 2 is 1.56 bits per heavy atom. The molecule has 0 saturated carbocycles. The maximum absolute atomic E-state index is 12.5. The Hall–Kier alpha value is -2.18. The molecule has 0 aliphatic rings. The lowest BCUT2D eigenvalue weighted by atomic mass is 10.0. The zero-order chi connectivity index (χ0) is 18.6. The largest absolute Gasteiger partial charge is 0.322 e. The summed E-state index contributed by atoms with van der Waals surface area (Å²) in [5.74, 6) is -0.263. The molecule has 0 aromatic heterocycles. The maximum atomic E-state index is 12.5. The van der Waals surface area contributed by atoms with Crippen molar-refractivity contribution in [2.75, 3.05) is 11.9 Å². The number of anilines is 1. The van der Waals surface area contributed by atoms with E-state index in [2.05, 4.69) is 10.0 Å². The summed E-state index contributed by atoms with van der Waals surface area (Å²) in [5.41, 5.74) is 4.33. The van der Waals surface area contributed by atoms with E-state index in [-0.39, 0.29) is 10.8 Å². The fourth-order valence-electron chi connectivity index (χ4n) is 2.67. The monoisotopic (exact) mass is 360 g/mol. The lowest BCUT2D eigenvalue weighted by Gasteiger charge is -2.13. The number of nitrogens with one attached hydrogen (secondary N) is 2. The normalized spacial score (nSPS) is 11.4. The van der Waals surface area contributed by atoms with Gasteiger partial charge in [0.15, 0.2) is 0 Å². The minimum absolute atomic E-state index is 0.153. The molecule has 2 rings (SSSR count). The van der Waals surface area contributed by atoms with Crippen LogP contribution in [-0.4, -0.2) is 20.9 Å². The zero-order valence-electron chi connectivity index (χ0n) is 15.0. The van der Waals surface area contributed by atoms with Gasteiger partial charge in [-0.2, -0.15) is 0 Å².